The van der Waals surface area contributed by atoms with E-state index < -0.39 is 11.9 Å². The number of halogens is 1. The van der Waals surface area contributed by atoms with Crippen LogP contribution in [0.3, 0.4) is 0 Å². The van der Waals surface area contributed by atoms with Crippen LogP contribution in [0.25, 0.3) is 10.2 Å². The van der Waals surface area contributed by atoms with E-state index in [1.165, 1.54) is 0 Å². The summed E-state index contributed by atoms with van der Waals surface area (Å²) >= 11 is 4.94. The number of hydrogen-bond donors (Lipinski definition) is 1. The molecule has 0 radical (unpaired) electrons. The van der Waals surface area contributed by atoms with Crippen molar-refractivity contribution in [3.8, 4) is 0 Å². The second-order valence-corrected chi connectivity index (χ2v) is 6.76. The summed E-state index contributed by atoms with van der Waals surface area (Å²) in [6, 6.07) is 15.3. The Bertz CT molecular complexity index is 767. The number of carboxylic acid groups (broad SMARTS) is 1. The number of carbonyl (C=O) groups is 1. The monoisotopic (exact) mass is 361 g/mol. The molecule has 1 unspecified atom stereocenters. The van der Waals surface area contributed by atoms with Gasteiger partial charge in [0.05, 0.1) is 21.1 Å². The van der Waals surface area contributed by atoms with Crippen molar-refractivity contribution in [1.29, 1.82) is 0 Å². The first kappa shape index (κ1) is 14.2. The van der Waals surface area contributed by atoms with Gasteiger partial charge in [-0.25, -0.2) is 4.98 Å². The predicted molar refractivity (Wildman–Crippen MR) is 87.8 cm³/mol. The molecule has 1 heterocycles. The van der Waals surface area contributed by atoms with Gasteiger partial charge in [0.15, 0.2) is 0 Å². The van der Waals surface area contributed by atoms with Crippen LogP contribution in [-0.4, -0.2) is 16.1 Å². The van der Waals surface area contributed by atoms with Gasteiger partial charge in [0.2, 0.25) is 0 Å². The smallest absolute Gasteiger partial charge is 0.311 e. The number of carboxylic acids is 1. The molecular weight excluding hydrogens is 350 g/mol. The Morgan fingerprint density at radius 2 is 2.05 bits per heavy atom. The Hall–Kier alpha value is -1.72. The third-order valence-corrected chi connectivity index (χ3v) is 4.82. The van der Waals surface area contributed by atoms with Crippen LogP contribution in [-0.2, 0) is 11.2 Å². The third-order valence-electron chi connectivity index (χ3n) is 3.27. The minimum atomic E-state index is -0.827. The summed E-state index contributed by atoms with van der Waals surface area (Å²) in [4.78, 5) is 16.1. The van der Waals surface area contributed by atoms with E-state index in [4.69, 9.17) is 0 Å². The van der Waals surface area contributed by atoms with Crippen LogP contribution in [0.2, 0.25) is 0 Å². The first-order chi connectivity index (χ1) is 10.1. The standard InChI is InChI=1S/C16H12BrNO2S/c17-11-5-3-4-10(8-11)12(16(19)20)9-15-18-13-6-1-2-7-14(13)21-15/h1-8,12H,9H2,(H,19,20). The Balaban J connectivity index is 1.93. The van der Waals surface area contributed by atoms with E-state index in [2.05, 4.69) is 20.9 Å². The highest BCUT2D eigenvalue weighted by atomic mass is 79.9. The van der Waals surface area contributed by atoms with E-state index in [1.807, 2.05) is 48.5 Å². The maximum atomic E-state index is 11.6. The molecule has 0 amide bonds. The number of nitrogens with zero attached hydrogens (tertiary/aromatic N) is 1. The lowest BCUT2D eigenvalue weighted by atomic mass is 9.96. The van der Waals surface area contributed by atoms with Crippen LogP contribution < -0.4 is 0 Å². The highest BCUT2D eigenvalue weighted by Gasteiger charge is 2.22. The fraction of sp³-hybridized carbons (Fsp3) is 0.125. The average Bonchev–Trinajstić information content (AvgIpc) is 2.87. The van der Waals surface area contributed by atoms with Crippen molar-refractivity contribution in [2.45, 2.75) is 12.3 Å². The molecule has 0 aliphatic rings. The van der Waals surface area contributed by atoms with Crippen LogP contribution in [0.15, 0.2) is 53.0 Å². The van der Waals surface area contributed by atoms with Crippen molar-refractivity contribution in [2.75, 3.05) is 0 Å². The highest BCUT2D eigenvalue weighted by Crippen LogP contribution is 2.28. The van der Waals surface area contributed by atoms with Crippen LogP contribution in [0.1, 0.15) is 16.5 Å². The molecule has 0 saturated carbocycles. The topological polar surface area (TPSA) is 50.2 Å². The van der Waals surface area contributed by atoms with Crippen molar-refractivity contribution < 1.29 is 9.90 Å². The van der Waals surface area contributed by atoms with Crippen LogP contribution in [0, 0.1) is 0 Å². The lowest BCUT2D eigenvalue weighted by Crippen LogP contribution is -2.14. The summed E-state index contributed by atoms with van der Waals surface area (Å²) < 4.78 is 1.97. The zero-order chi connectivity index (χ0) is 14.8. The summed E-state index contributed by atoms with van der Waals surface area (Å²) in [7, 11) is 0. The maximum Gasteiger partial charge on any atom is 0.311 e. The van der Waals surface area contributed by atoms with Crippen molar-refractivity contribution in [3.63, 3.8) is 0 Å². The maximum absolute atomic E-state index is 11.6. The van der Waals surface area contributed by atoms with Gasteiger partial charge in [-0.15, -0.1) is 11.3 Å². The van der Waals surface area contributed by atoms with Crippen LogP contribution >= 0.6 is 27.3 Å². The molecular formula is C16H12BrNO2S. The molecule has 2 aromatic carbocycles. The van der Waals surface area contributed by atoms with Crippen molar-refractivity contribution in [3.05, 3.63) is 63.6 Å². The summed E-state index contributed by atoms with van der Waals surface area (Å²) in [5.41, 5.74) is 1.71. The van der Waals surface area contributed by atoms with Gasteiger partial charge < -0.3 is 5.11 Å². The molecule has 5 heteroatoms. The molecule has 3 aromatic rings. The van der Waals surface area contributed by atoms with Gasteiger partial charge in [0, 0.05) is 10.9 Å². The Labute approximate surface area is 134 Å². The molecule has 0 bridgehead atoms. The number of fused-ring (bicyclic) bond motifs is 1. The Kier molecular flexibility index (Phi) is 4.03. The molecule has 1 atom stereocenters. The normalized spacial score (nSPS) is 12.4. The fourth-order valence-electron chi connectivity index (χ4n) is 2.25. The van der Waals surface area contributed by atoms with Gasteiger partial charge >= 0.3 is 5.97 Å². The third kappa shape index (κ3) is 3.14. The van der Waals surface area contributed by atoms with Gasteiger partial charge in [-0.1, -0.05) is 40.2 Å². The van der Waals surface area contributed by atoms with E-state index in [-0.39, 0.29) is 0 Å². The SMILES string of the molecule is O=C(O)C(Cc1nc2ccccc2s1)c1cccc(Br)c1. The van der Waals surface area contributed by atoms with Crippen LogP contribution in [0.4, 0.5) is 0 Å². The first-order valence-electron chi connectivity index (χ1n) is 6.46. The lowest BCUT2D eigenvalue weighted by molar-refractivity contribution is -0.138. The predicted octanol–water partition coefficient (Wildman–Crippen LogP) is 4.47. The molecule has 0 spiro atoms. The van der Waals surface area contributed by atoms with Gasteiger partial charge in [-0.2, -0.15) is 0 Å². The van der Waals surface area contributed by atoms with E-state index in [9.17, 15) is 9.90 Å². The Morgan fingerprint density at radius 1 is 1.24 bits per heavy atom. The molecule has 106 valence electrons. The highest BCUT2D eigenvalue weighted by molar-refractivity contribution is 9.10. The van der Waals surface area contributed by atoms with E-state index in [0.717, 1.165) is 25.3 Å². The molecule has 21 heavy (non-hydrogen) atoms. The minimum absolute atomic E-state index is 0.408. The second-order valence-electron chi connectivity index (χ2n) is 4.73. The van der Waals surface area contributed by atoms with E-state index >= 15 is 0 Å². The second kappa shape index (κ2) is 5.95. The first-order valence-corrected chi connectivity index (χ1v) is 8.07. The lowest BCUT2D eigenvalue weighted by Gasteiger charge is -2.11. The van der Waals surface area contributed by atoms with Gasteiger partial charge in [0.25, 0.3) is 0 Å². The van der Waals surface area contributed by atoms with Crippen molar-refractivity contribution >= 4 is 43.5 Å². The fourth-order valence-corrected chi connectivity index (χ4v) is 3.68. The number of rotatable bonds is 4. The Morgan fingerprint density at radius 3 is 2.76 bits per heavy atom. The summed E-state index contributed by atoms with van der Waals surface area (Å²) in [5.74, 6) is -1.41. The molecule has 0 fully saturated rings. The molecule has 3 rings (SSSR count). The molecule has 1 N–H and O–H groups in total. The summed E-state index contributed by atoms with van der Waals surface area (Å²) in [6.45, 7) is 0. The van der Waals surface area contributed by atoms with Crippen molar-refractivity contribution in [2.24, 2.45) is 0 Å². The zero-order valence-corrected chi connectivity index (χ0v) is 13.4. The zero-order valence-electron chi connectivity index (χ0n) is 11.0. The number of hydrogen-bond acceptors (Lipinski definition) is 3. The quantitative estimate of drug-likeness (QED) is 0.745. The minimum Gasteiger partial charge on any atom is -0.481 e. The molecule has 0 saturated heterocycles. The number of aromatic nitrogens is 1. The molecule has 1 aromatic heterocycles. The van der Waals surface area contributed by atoms with Crippen molar-refractivity contribution in [1.82, 2.24) is 4.98 Å². The molecule has 3 nitrogen and oxygen atoms in total. The molecule has 0 aliphatic carbocycles. The summed E-state index contributed by atoms with van der Waals surface area (Å²) in [5, 5.41) is 10.4. The van der Waals surface area contributed by atoms with Gasteiger partial charge in [-0.05, 0) is 29.8 Å². The number of thiazole rings is 1. The molecule has 0 aliphatic heterocycles. The van der Waals surface area contributed by atoms with Gasteiger partial charge in [-0.3, -0.25) is 4.79 Å². The average molecular weight is 362 g/mol. The van der Waals surface area contributed by atoms with Gasteiger partial charge in [0.1, 0.15) is 0 Å². The number of benzene rings is 2. The number of para-hydroxylation sites is 1. The van der Waals surface area contributed by atoms with Crippen LogP contribution in [0.5, 0.6) is 0 Å². The van der Waals surface area contributed by atoms with E-state index in [1.54, 1.807) is 11.3 Å². The summed E-state index contributed by atoms with van der Waals surface area (Å²) in [6.07, 6.45) is 0.408. The van der Waals surface area contributed by atoms with E-state index in [0.29, 0.717) is 6.42 Å². The largest absolute Gasteiger partial charge is 0.481 e. The number of aliphatic carboxylic acids is 1.